The molecule has 0 saturated carbocycles. The Kier molecular flexibility index (Phi) is 6.90. The molecule has 1 aliphatic heterocycles. The molecule has 1 saturated heterocycles. The minimum Gasteiger partial charge on any atom is -0.471 e. The maximum absolute atomic E-state index is 9.75. The van der Waals surface area contributed by atoms with Gasteiger partial charge in [-0.15, -0.1) is 0 Å². The Labute approximate surface area is 117 Å². The van der Waals surface area contributed by atoms with E-state index in [-0.39, 0.29) is 5.17 Å². The molecule has 0 aromatic carbocycles. The maximum atomic E-state index is 9.75. The predicted molar refractivity (Wildman–Crippen MR) is 70.4 cm³/mol. The van der Waals surface area contributed by atoms with Crippen LogP contribution >= 0.6 is 12.2 Å². The molecule has 0 aliphatic carbocycles. The second kappa shape index (κ2) is 7.93. The van der Waals surface area contributed by atoms with Gasteiger partial charge in [0, 0.05) is 0 Å². The molecular formula is C11H21NO6S. The van der Waals surface area contributed by atoms with Crippen molar-refractivity contribution in [3.8, 4) is 0 Å². The minimum absolute atomic E-state index is 0.0396. The van der Waals surface area contributed by atoms with Crippen molar-refractivity contribution in [3.05, 3.63) is 0 Å². The molecule has 8 heteroatoms. The third-order valence-electron chi connectivity index (χ3n) is 2.88. The van der Waals surface area contributed by atoms with Crippen LogP contribution in [0.15, 0.2) is 0 Å². The molecule has 1 aliphatic rings. The summed E-state index contributed by atoms with van der Waals surface area (Å²) >= 11 is 4.91. The molecule has 0 aromatic heterocycles. The van der Waals surface area contributed by atoms with E-state index in [9.17, 15) is 15.3 Å². The molecule has 7 nitrogen and oxygen atoms in total. The number of unbranched alkanes of at least 4 members (excludes halogenated alkanes) is 1. The summed E-state index contributed by atoms with van der Waals surface area (Å²) in [4.78, 5) is 0. The number of aliphatic hydroxyl groups excluding tert-OH is 4. The molecule has 5 atom stereocenters. The van der Waals surface area contributed by atoms with E-state index in [0.717, 1.165) is 12.8 Å². The van der Waals surface area contributed by atoms with E-state index in [1.54, 1.807) is 0 Å². The third-order valence-corrected chi connectivity index (χ3v) is 3.12. The molecule has 0 amide bonds. The fraction of sp³-hybridized carbons (Fsp3) is 0.909. The Morgan fingerprint density at radius 2 is 1.95 bits per heavy atom. The standard InChI is InChI=1S/C11H21NO6S/c1-2-3-4-17-11(19)12-10-9(16)8(15)7(14)6(5-13)18-10/h6-10,13-16H,2-5H2,1H3,(H,12,19)/t6-,7+,8+,9+,10-/m1/s1. The van der Waals surface area contributed by atoms with E-state index in [4.69, 9.17) is 26.8 Å². The van der Waals surface area contributed by atoms with E-state index in [2.05, 4.69) is 5.32 Å². The van der Waals surface area contributed by atoms with Crippen LogP contribution in [-0.2, 0) is 9.47 Å². The van der Waals surface area contributed by atoms with Crippen LogP contribution in [0.1, 0.15) is 19.8 Å². The van der Waals surface area contributed by atoms with Gasteiger partial charge in [-0.2, -0.15) is 0 Å². The van der Waals surface area contributed by atoms with Crippen molar-refractivity contribution >= 4 is 17.4 Å². The van der Waals surface area contributed by atoms with Gasteiger partial charge >= 0.3 is 0 Å². The second-order valence-electron chi connectivity index (χ2n) is 4.38. The lowest BCUT2D eigenvalue weighted by molar-refractivity contribution is -0.233. The molecule has 0 aromatic rings. The molecule has 0 bridgehead atoms. The Bertz CT molecular complexity index is 290. The molecule has 112 valence electrons. The normalized spacial score (nSPS) is 34.9. The van der Waals surface area contributed by atoms with E-state index < -0.39 is 37.3 Å². The first-order valence-electron chi connectivity index (χ1n) is 6.25. The minimum atomic E-state index is -1.43. The van der Waals surface area contributed by atoms with Gasteiger partial charge in [-0.05, 0) is 18.6 Å². The monoisotopic (exact) mass is 295 g/mol. The fourth-order valence-corrected chi connectivity index (χ4v) is 1.89. The molecule has 0 spiro atoms. The summed E-state index contributed by atoms with van der Waals surface area (Å²) in [5.41, 5.74) is 0. The van der Waals surface area contributed by atoms with Gasteiger partial charge in [0.05, 0.1) is 13.2 Å². The van der Waals surface area contributed by atoms with Crippen molar-refractivity contribution < 1.29 is 29.9 Å². The van der Waals surface area contributed by atoms with Crippen molar-refractivity contribution in [1.82, 2.24) is 5.32 Å². The van der Waals surface area contributed by atoms with Crippen LogP contribution < -0.4 is 5.32 Å². The number of aliphatic hydroxyl groups is 4. The molecule has 19 heavy (non-hydrogen) atoms. The first kappa shape index (κ1) is 16.5. The van der Waals surface area contributed by atoms with Crippen molar-refractivity contribution in [2.75, 3.05) is 13.2 Å². The fourth-order valence-electron chi connectivity index (χ4n) is 1.69. The molecule has 0 radical (unpaired) electrons. The third kappa shape index (κ3) is 4.51. The van der Waals surface area contributed by atoms with Crippen molar-refractivity contribution in [2.24, 2.45) is 0 Å². The zero-order valence-electron chi connectivity index (χ0n) is 10.7. The van der Waals surface area contributed by atoms with Crippen LogP contribution in [0.3, 0.4) is 0 Å². The lowest BCUT2D eigenvalue weighted by Crippen LogP contribution is -2.63. The van der Waals surface area contributed by atoms with Gasteiger partial charge in [-0.25, -0.2) is 0 Å². The maximum Gasteiger partial charge on any atom is 0.258 e. The highest BCUT2D eigenvalue weighted by molar-refractivity contribution is 7.80. The van der Waals surface area contributed by atoms with Gasteiger partial charge in [0.1, 0.15) is 24.4 Å². The smallest absolute Gasteiger partial charge is 0.258 e. The topological polar surface area (TPSA) is 111 Å². The Balaban J connectivity index is 2.49. The summed E-state index contributed by atoms with van der Waals surface area (Å²) in [5, 5.41) is 40.6. The Morgan fingerprint density at radius 3 is 2.53 bits per heavy atom. The number of thiocarbonyl (C=S) groups is 1. The Hall–Kier alpha value is -0.510. The lowest BCUT2D eigenvalue weighted by atomic mass is 9.98. The first-order chi connectivity index (χ1) is 9.01. The molecular weight excluding hydrogens is 274 g/mol. The van der Waals surface area contributed by atoms with Crippen molar-refractivity contribution in [1.29, 1.82) is 0 Å². The average Bonchev–Trinajstić information content (AvgIpc) is 2.39. The number of rotatable bonds is 5. The summed E-state index contributed by atoms with van der Waals surface area (Å²) in [5.74, 6) is 0. The summed E-state index contributed by atoms with van der Waals surface area (Å²) in [7, 11) is 0. The number of nitrogens with one attached hydrogen (secondary N) is 1. The second-order valence-corrected chi connectivity index (χ2v) is 4.75. The molecule has 0 unspecified atom stereocenters. The van der Waals surface area contributed by atoms with Crippen LogP contribution in [0, 0.1) is 0 Å². The number of ether oxygens (including phenoxy) is 2. The van der Waals surface area contributed by atoms with Crippen LogP contribution in [0.4, 0.5) is 0 Å². The van der Waals surface area contributed by atoms with Gasteiger partial charge in [-0.1, -0.05) is 13.3 Å². The highest BCUT2D eigenvalue weighted by Gasteiger charge is 2.43. The quantitative estimate of drug-likeness (QED) is 0.307. The van der Waals surface area contributed by atoms with Gasteiger partial charge in [0.25, 0.3) is 5.17 Å². The van der Waals surface area contributed by atoms with E-state index in [1.165, 1.54) is 0 Å². The molecule has 1 fully saturated rings. The summed E-state index contributed by atoms with van der Waals surface area (Å²) in [6.45, 7) is 1.98. The predicted octanol–water partition coefficient (Wildman–Crippen LogP) is -1.52. The van der Waals surface area contributed by atoms with Gasteiger partial charge in [-0.3, -0.25) is 0 Å². The number of hydrogen-bond acceptors (Lipinski definition) is 7. The molecule has 5 N–H and O–H groups in total. The Morgan fingerprint density at radius 1 is 1.26 bits per heavy atom. The van der Waals surface area contributed by atoms with Crippen LogP contribution in [0.2, 0.25) is 0 Å². The van der Waals surface area contributed by atoms with Gasteiger partial charge in [0.2, 0.25) is 0 Å². The van der Waals surface area contributed by atoms with E-state index in [0.29, 0.717) is 6.61 Å². The van der Waals surface area contributed by atoms with E-state index >= 15 is 0 Å². The summed E-state index contributed by atoms with van der Waals surface area (Å²) < 4.78 is 10.4. The van der Waals surface area contributed by atoms with Crippen LogP contribution in [-0.4, -0.2) is 69.5 Å². The average molecular weight is 295 g/mol. The molecule has 1 heterocycles. The summed E-state index contributed by atoms with van der Waals surface area (Å²) in [6.07, 6.45) is -4.38. The van der Waals surface area contributed by atoms with E-state index in [1.807, 2.05) is 6.92 Å². The van der Waals surface area contributed by atoms with Gasteiger partial charge < -0.3 is 35.2 Å². The highest BCUT2D eigenvalue weighted by Crippen LogP contribution is 2.19. The highest BCUT2D eigenvalue weighted by atomic mass is 32.1. The largest absolute Gasteiger partial charge is 0.471 e. The SMILES string of the molecule is CCCCOC(=S)N[C@@H]1O[C@H](CO)[C@H](O)[C@H](O)[C@@H]1O. The lowest BCUT2D eigenvalue weighted by Gasteiger charge is -2.40. The van der Waals surface area contributed by atoms with Crippen molar-refractivity contribution in [2.45, 2.75) is 50.4 Å². The zero-order chi connectivity index (χ0) is 14.4. The zero-order valence-corrected chi connectivity index (χ0v) is 11.5. The van der Waals surface area contributed by atoms with Crippen molar-refractivity contribution in [3.63, 3.8) is 0 Å². The van der Waals surface area contributed by atoms with Crippen LogP contribution in [0.25, 0.3) is 0 Å². The van der Waals surface area contributed by atoms with Crippen LogP contribution in [0.5, 0.6) is 0 Å². The molecule has 1 rings (SSSR count). The van der Waals surface area contributed by atoms with Gasteiger partial charge in [0.15, 0.2) is 6.23 Å². The summed E-state index contributed by atoms with van der Waals surface area (Å²) in [6, 6.07) is 0. The number of hydrogen-bond donors (Lipinski definition) is 5. The first-order valence-corrected chi connectivity index (χ1v) is 6.65.